The Morgan fingerprint density at radius 2 is 2.35 bits per heavy atom. The number of aldehydes is 1. The van der Waals surface area contributed by atoms with Crippen LogP contribution in [0.2, 0.25) is 0 Å². The van der Waals surface area contributed by atoms with Crippen LogP contribution >= 0.6 is 31.9 Å². The Morgan fingerprint density at radius 3 is 2.94 bits per heavy atom. The number of alkyl halides is 1. The molecule has 90 valence electrons. The van der Waals surface area contributed by atoms with Crippen molar-refractivity contribution in [3.05, 3.63) is 22.3 Å². The SMILES string of the molecule is O=Cc1cc(Br)cnc1N1CC(CBr)CC1=O. The number of anilines is 1. The summed E-state index contributed by atoms with van der Waals surface area (Å²) in [5.74, 6) is 0.761. The van der Waals surface area contributed by atoms with E-state index in [0.29, 0.717) is 24.3 Å². The number of nitrogens with zero attached hydrogens (tertiary/aromatic N) is 2. The molecule has 2 heterocycles. The predicted molar refractivity (Wildman–Crippen MR) is 71.6 cm³/mol. The molecule has 1 atom stereocenters. The molecular formula is C11H10Br2N2O2. The molecule has 17 heavy (non-hydrogen) atoms. The highest BCUT2D eigenvalue weighted by Gasteiger charge is 2.31. The first-order valence-electron chi connectivity index (χ1n) is 5.12. The zero-order valence-corrected chi connectivity index (χ0v) is 12.1. The average Bonchev–Trinajstić information content (AvgIpc) is 2.70. The molecule has 1 aromatic rings. The minimum Gasteiger partial charge on any atom is -0.298 e. The van der Waals surface area contributed by atoms with Crippen LogP contribution in [0.25, 0.3) is 0 Å². The average molecular weight is 362 g/mol. The maximum atomic E-state index is 11.8. The van der Waals surface area contributed by atoms with Crippen LogP contribution in [0.3, 0.4) is 0 Å². The van der Waals surface area contributed by atoms with Gasteiger partial charge in [-0.25, -0.2) is 4.98 Å². The summed E-state index contributed by atoms with van der Waals surface area (Å²) >= 11 is 6.63. The number of carbonyl (C=O) groups excluding carboxylic acids is 2. The van der Waals surface area contributed by atoms with Crippen molar-refractivity contribution in [2.75, 3.05) is 16.8 Å². The van der Waals surface area contributed by atoms with E-state index in [9.17, 15) is 9.59 Å². The highest BCUT2D eigenvalue weighted by molar-refractivity contribution is 9.10. The number of hydrogen-bond acceptors (Lipinski definition) is 3. The largest absolute Gasteiger partial charge is 0.298 e. The first-order chi connectivity index (χ1) is 8.15. The third-order valence-electron chi connectivity index (χ3n) is 2.67. The Balaban J connectivity index is 2.34. The van der Waals surface area contributed by atoms with Crippen LogP contribution in [0.1, 0.15) is 16.8 Å². The second-order valence-electron chi connectivity index (χ2n) is 3.91. The molecule has 1 aliphatic heterocycles. The zero-order valence-electron chi connectivity index (χ0n) is 8.90. The lowest BCUT2D eigenvalue weighted by atomic mass is 10.2. The van der Waals surface area contributed by atoms with E-state index in [-0.39, 0.29) is 11.8 Å². The molecule has 0 spiro atoms. The van der Waals surface area contributed by atoms with Gasteiger partial charge in [-0.15, -0.1) is 0 Å². The number of hydrogen-bond donors (Lipinski definition) is 0. The molecule has 1 aliphatic rings. The van der Waals surface area contributed by atoms with Crippen molar-refractivity contribution < 1.29 is 9.59 Å². The third-order valence-corrected chi connectivity index (χ3v) is 4.02. The molecule has 0 radical (unpaired) electrons. The van der Waals surface area contributed by atoms with Crippen LogP contribution in [-0.2, 0) is 4.79 Å². The molecule has 1 fully saturated rings. The second-order valence-corrected chi connectivity index (χ2v) is 5.48. The molecule has 0 bridgehead atoms. The molecular weight excluding hydrogens is 352 g/mol. The Hall–Kier alpha value is -0.750. The third kappa shape index (κ3) is 2.57. The van der Waals surface area contributed by atoms with Gasteiger partial charge in [0.2, 0.25) is 5.91 Å². The molecule has 1 saturated heterocycles. The molecule has 4 nitrogen and oxygen atoms in total. The summed E-state index contributed by atoms with van der Waals surface area (Å²) in [6.07, 6.45) is 2.82. The lowest BCUT2D eigenvalue weighted by molar-refractivity contribution is -0.117. The number of amides is 1. The Labute approximate surface area is 116 Å². The van der Waals surface area contributed by atoms with Crippen molar-refractivity contribution in [2.24, 2.45) is 5.92 Å². The van der Waals surface area contributed by atoms with E-state index in [1.165, 1.54) is 0 Å². The van der Waals surface area contributed by atoms with Crippen molar-refractivity contribution in [2.45, 2.75) is 6.42 Å². The summed E-state index contributed by atoms with van der Waals surface area (Å²) in [4.78, 5) is 28.6. The Kier molecular flexibility index (Phi) is 3.93. The lowest BCUT2D eigenvalue weighted by Gasteiger charge is -2.16. The van der Waals surface area contributed by atoms with Gasteiger partial charge in [-0.2, -0.15) is 0 Å². The molecule has 0 N–H and O–H groups in total. The molecule has 2 rings (SSSR count). The summed E-state index contributed by atoms with van der Waals surface area (Å²) in [5.41, 5.74) is 0.433. The number of aromatic nitrogens is 1. The number of pyridine rings is 1. The predicted octanol–water partition coefficient (Wildman–Crippen LogP) is 2.40. The minimum atomic E-state index is 0.0207. The molecule has 0 saturated carbocycles. The van der Waals surface area contributed by atoms with E-state index in [2.05, 4.69) is 36.8 Å². The van der Waals surface area contributed by atoms with Crippen LogP contribution in [0, 0.1) is 5.92 Å². The standard InChI is InChI=1S/C11H10Br2N2O2/c12-3-7-1-10(17)15(5-7)11-8(6-16)2-9(13)4-14-11/h2,4,6-7H,1,3,5H2. The maximum absolute atomic E-state index is 11.8. The molecule has 1 amide bonds. The molecule has 0 aromatic carbocycles. The number of halogens is 2. The zero-order chi connectivity index (χ0) is 12.4. The van der Waals surface area contributed by atoms with Gasteiger partial charge < -0.3 is 0 Å². The number of rotatable bonds is 3. The summed E-state index contributed by atoms with van der Waals surface area (Å²) < 4.78 is 0.729. The summed E-state index contributed by atoms with van der Waals surface area (Å²) in [6.45, 7) is 0.611. The van der Waals surface area contributed by atoms with Gasteiger partial charge in [-0.1, -0.05) is 15.9 Å². The fraction of sp³-hybridized carbons (Fsp3) is 0.364. The second kappa shape index (κ2) is 5.27. The van der Waals surface area contributed by atoms with Gasteiger partial charge in [0.15, 0.2) is 6.29 Å². The van der Waals surface area contributed by atoms with Crippen LogP contribution in [0.5, 0.6) is 0 Å². The first-order valence-corrected chi connectivity index (χ1v) is 7.04. The summed E-state index contributed by atoms with van der Waals surface area (Å²) in [6, 6.07) is 1.67. The van der Waals surface area contributed by atoms with Gasteiger partial charge in [-0.3, -0.25) is 14.5 Å². The highest BCUT2D eigenvalue weighted by Crippen LogP contribution is 2.27. The van der Waals surface area contributed by atoms with Gasteiger partial charge in [0, 0.05) is 29.0 Å². The minimum absolute atomic E-state index is 0.0207. The van der Waals surface area contributed by atoms with E-state index in [1.807, 2.05) is 0 Å². The lowest BCUT2D eigenvalue weighted by Crippen LogP contribution is -2.26. The van der Waals surface area contributed by atoms with Crippen LogP contribution in [0.4, 0.5) is 5.82 Å². The van der Waals surface area contributed by atoms with Crippen molar-refractivity contribution >= 4 is 49.9 Å². The van der Waals surface area contributed by atoms with Gasteiger partial charge in [0.1, 0.15) is 5.82 Å². The normalized spacial score (nSPS) is 19.8. The number of carbonyl (C=O) groups is 2. The van der Waals surface area contributed by atoms with E-state index < -0.39 is 0 Å². The van der Waals surface area contributed by atoms with Gasteiger partial charge >= 0.3 is 0 Å². The topological polar surface area (TPSA) is 50.3 Å². The van der Waals surface area contributed by atoms with Gasteiger partial charge in [0.25, 0.3) is 0 Å². The van der Waals surface area contributed by atoms with E-state index in [4.69, 9.17) is 0 Å². The smallest absolute Gasteiger partial charge is 0.228 e. The first kappa shape index (κ1) is 12.7. The molecule has 0 aliphatic carbocycles. The molecule has 1 aromatic heterocycles. The molecule has 6 heteroatoms. The van der Waals surface area contributed by atoms with Crippen LogP contribution < -0.4 is 4.90 Å². The Morgan fingerprint density at radius 1 is 1.59 bits per heavy atom. The van der Waals surface area contributed by atoms with Crippen molar-refractivity contribution in [1.29, 1.82) is 0 Å². The van der Waals surface area contributed by atoms with Crippen LogP contribution in [0.15, 0.2) is 16.7 Å². The molecule has 1 unspecified atom stereocenters. The van der Waals surface area contributed by atoms with Gasteiger partial charge in [-0.05, 0) is 27.9 Å². The van der Waals surface area contributed by atoms with E-state index in [0.717, 1.165) is 16.1 Å². The van der Waals surface area contributed by atoms with Crippen molar-refractivity contribution in [1.82, 2.24) is 4.98 Å². The van der Waals surface area contributed by atoms with E-state index in [1.54, 1.807) is 17.2 Å². The van der Waals surface area contributed by atoms with Crippen LogP contribution in [-0.4, -0.2) is 29.1 Å². The van der Waals surface area contributed by atoms with Crippen molar-refractivity contribution in [3.8, 4) is 0 Å². The maximum Gasteiger partial charge on any atom is 0.228 e. The van der Waals surface area contributed by atoms with Gasteiger partial charge in [0.05, 0.1) is 5.56 Å². The van der Waals surface area contributed by atoms with E-state index >= 15 is 0 Å². The fourth-order valence-electron chi connectivity index (χ4n) is 1.85. The Bertz CT molecular complexity index is 465. The highest BCUT2D eigenvalue weighted by atomic mass is 79.9. The van der Waals surface area contributed by atoms with Crippen molar-refractivity contribution in [3.63, 3.8) is 0 Å². The monoisotopic (exact) mass is 360 g/mol. The summed E-state index contributed by atoms with van der Waals surface area (Å²) in [5, 5.41) is 0.780. The quantitative estimate of drug-likeness (QED) is 0.613. The fourth-order valence-corrected chi connectivity index (χ4v) is 2.63. The summed E-state index contributed by atoms with van der Waals surface area (Å²) in [7, 11) is 0.